The van der Waals surface area contributed by atoms with Crippen LogP contribution < -0.4 is 5.56 Å². The average molecular weight is 471 g/mol. The molecule has 0 unspecified atom stereocenters. The van der Waals surface area contributed by atoms with Crippen molar-refractivity contribution in [2.75, 3.05) is 0 Å². The van der Waals surface area contributed by atoms with Gasteiger partial charge in [-0.2, -0.15) is 0 Å². The zero-order chi connectivity index (χ0) is 24.2. The number of nitrogens with one attached hydrogen (secondary N) is 1. The predicted molar refractivity (Wildman–Crippen MR) is 138 cm³/mol. The van der Waals surface area contributed by atoms with Crippen molar-refractivity contribution in [3.63, 3.8) is 0 Å². The van der Waals surface area contributed by atoms with E-state index in [0.29, 0.717) is 19.1 Å². The Morgan fingerprint density at radius 1 is 1.03 bits per heavy atom. The Morgan fingerprint density at radius 2 is 1.83 bits per heavy atom. The molecule has 7 heteroatoms. The van der Waals surface area contributed by atoms with E-state index < -0.39 is 0 Å². The molecular formula is C28H34N6O. The van der Waals surface area contributed by atoms with Crippen molar-refractivity contribution in [3.8, 4) is 0 Å². The molecule has 35 heavy (non-hydrogen) atoms. The minimum Gasteiger partial charge on any atom is -0.322 e. The lowest BCUT2D eigenvalue weighted by Gasteiger charge is -2.33. The lowest BCUT2D eigenvalue weighted by Crippen LogP contribution is -2.38. The summed E-state index contributed by atoms with van der Waals surface area (Å²) in [6.45, 7) is 6.13. The highest BCUT2D eigenvalue weighted by Crippen LogP contribution is 2.26. The van der Waals surface area contributed by atoms with Crippen LogP contribution in [0.3, 0.4) is 0 Å². The molecular weight excluding hydrogens is 436 g/mol. The van der Waals surface area contributed by atoms with E-state index in [2.05, 4.69) is 75.7 Å². The fraction of sp³-hybridized carbons (Fsp3) is 0.429. The standard InChI is InChI=1S/C28H34N6O/c1-20-15-21(2)25-17-23(28(35)29-26(25)16-20)18-33(24-11-7-4-8-12-24)19-27-30-31-32-34(27)14-13-22-9-5-3-6-10-22/h3,5-6,9-10,15-17,24H,4,7-8,11-14,18-19H2,1-2H3,(H,29,35). The summed E-state index contributed by atoms with van der Waals surface area (Å²) >= 11 is 0. The van der Waals surface area contributed by atoms with E-state index in [9.17, 15) is 4.79 Å². The van der Waals surface area contributed by atoms with Crippen molar-refractivity contribution >= 4 is 10.9 Å². The first-order valence-electron chi connectivity index (χ1n) is 12.7. The molecule has 1 saturated carbocycles. The number of aromatic amines is 1. The second-order valence-electron chi connectivity index (χ2n) is 9.92. The molecule has 2 heterocycles. The average Bonchev–Trinajstić information content (AvgIpc) is 3.31. The lowest BCUT2D eigenvalue weighted by atomic mass is 9.93. The van der Waals surface area contributed by atoms with Gasteiger partial charge in [0.1, 0.15) is 0 Å². The second kappa shape index (κ2) is 10.5. The van der Waals surface area contributed by atoms with Gasteiger partial charge in [0, 0.05) is 35.6 Å². The van der Waals surface area contributed by atoms with Gasteiger partial charge in [-0.3, -0.25) is 9.69 Å². The smallest absolute Gasteiger partial charge is 0.252 e. The van der Waals surface area contributed by atoms with Crippen LogP contribution >= 0.6 is 0 Å². The third-order valence-electron chi connectivity index (χ3n) is 7.26. The van der Waals surface area contributed by atoms with Gasteiger partial charge < -0.3 is 4.98 Å². The Kier molecular flexibility index (Phi) is 7.04. The summed E-state index contributed by atoms with van der Waals surface area (Å²) in [5.74, 6) is 0.857. The maximum Gasteiger partial charge on any atom is 0.252 e. The summed E-state index contributed by atoms with van der Waals surface area (Å²) < 4.78 is 1.92. The normalized spacial score (nSPS) is 14.7. The van der Waals surface area contributed by atoms with Crippen molar-refractivity contribution in [2.24, 2.45) is 0 Å². The van der Waals surface area contributed by atoms with E-state index in [1.54, 1.807) is 0 Å². The molecule has 1 fully saturated rings. The van der Waals surface area contributed by atoms with Crippen molar-refractivity contribution in [1.82, 2.24) is 30.1 Å². The fourth-order valence-corrected chi connectivity index (χ4v) is 5.38. The molecule has 7 nitrogen and oxygen atoms in total. The molecule has 0 atom stereocenters. The van der Waals surface area contributed by atoms with E-state index in [1.807, 2.05) is 16.8 Å². The maximum absolute atomic E-state index is 13.1. The van der Waals surface area contributed by atoms with Crippen LogP contribution in [0.25, 0.3) is 10.9 Å². The summed E-state index contributed by atoms with van der Waals surface area (Å²) in [7, 11) is 0. The number of nitrogens with zero attached hydrogens (tertiary/aromatic N) is 5. The van der Waals surface area contributed by atoms with Crippen molar-refractivity contribution in [1.29, 1.82) is 0 Å². The van der Waals surface area contributed by atoms with Crippen molar-refractivity contribution < 1.29 is 0 Å². The first-order valence-corrected chi connectivity index (χ1v) is 12.7. The lowest BCUT2D eigenvalue weighted by molar-refractivity contribution is 0.133. The Labute approximate surface area is 206 Å². The molecule has 0 aliphatic heterocycles. The molecule has 2 aromatic carbocycles. The topological polar surface area (TPSA) is 79.7 Å². The van der Waals surface area contributed by atoms with Gasteiger partial charge in [0.25, 0.3) is 5.56 Å². The molecule has 4 aromatic rings. The van der Waals surface area contributed by atoms with Gasteiger partial charge in [-0.05, 0) is 72.4 Å². The van der Waals surface area contributed by atoms with Crippen LogP contribution in [0.4, 0.5) is 0 Å². The molecule has 0 bridgehead atoms. The van der Waals surface area contributed by atoms with E-state index in [4.69, 9.17) is 0 Å². The van der Waals surface area contributed by atoms with Gasteiger partial charge in [-0.15, -0.1) is 5.10 Å². The van der Waals surface area contributed by atoms with Gasteiger partial charge in [-0.1, -0.05) is 55.7 Å². The summed E-state index contributed by atoms with van der Waals surface area (Å²) in [6, 6.07) is 17.1. The van der Waals surface area contributed by atoms with E-state index >= 15 is 0 Å². The summed E-state index contributed by atoms with van der Waals surface area (Å²) in [6.07, 6.45) is 6.92. The predicted octanol–water partition coefficient (Wildman–Crippen LogP) is 4.71. The molecule has 0 saturated heterocycles. The van der Waals surface area contributed by atoms with Gasteiger partial charge in [-0.25, -0.2) is 4.68 Å². The number of pyridine rings is 1. The van der Waals surface area contributed by atoms with Crippen LogP contribution in [0.2, 0.25) is 0 Å². The zero-order valence-corrected chi connectivity index (χ0v) is 20.7. The maximum atomic E-state index is 13.1. The Hall–Kier alpha value is -3.32. The minimum atomic E-state index is -0.00743. The quantitative estimate of drug-likeness (QED) is 0.403. The van der Waals surface area contributed by atoms with Gasteiger partial charge in [0.2, 0.25) is 0 Å². The van der Waals surface area contributed by atoms with Gasteiger partial charge in [0.15, 0.2) is 5.82 Å². The number of fused-ring (bicyclic) bond motifs is 1. The molecule has 2 aromatic heterocycles. The third kappa shape index (κ3) is 5.51. The number of benzene rings is 2. The highest BCUT2D eigenvalue weighted by atomic mass is 16.1. The Morgan fingerprint density at radius 3 is 2.63 bits per heavy atom. The number of H-pyrrole nitrogens is 1. The highest BCUT2D eigenvalue weighted by molar-refractivity contribution is 5.83. The first kappa shape index (κ1) is 23.4. The van der Waals surface area contributed by atoms with Crippen LogP contribution in [-0.2, 0) is 26.1 Å². The minimum absolute atomic E-state index is 0.00743. The number of aromatic nitrogens is 5. The number of aryl methyl sites for hydroxylation is 4. The Balaban J connectivity index is 1.40. The van der Waals surface area contributed by atoms with Crippen molar-refractivity contribution in [3.05, 3.63) is 87.0 Å². The number of tetrazole rings is 1. The third-order valence-corrected chi connectivity index (χ3v) is 7.26. The molecule has 0 amide bonds. The number of rotatable bonds is 8. The summed E-state index contributed by atoms with van der Waals surface area (Å²) in [5, 5.41) is 13.7. The fourth-order valence-electron chi connectivity index (χ4n) is 5.38. The number of hydrogen-bond donors (Lipinski definition) is 1. The molecule has 1 aliphatic carbocycles. The molecule has 1 aliphatic rings. The van der Waals surface area contributed by atoms with E-state index in [0.717, 1.165) is 53.7 Å². The molecule has 5 rings (SSSR count). The largest absolute Gasteiger partial charge is 0.322 e. The zero-order valence-electron chi connectivity index (χ0n) is 20.7. The SMILES string of the molecule is Cc1cc(C)c2cc(CN(Cc3nnnn3CCc3ccccc3)C3CCCCC3)c(=O)[nH]c2c1. The van der Waals surface area contributed by atoms with Gasteiger partial charge >= 0.3 is 0 Å². The molecule has 0 spiro atoms. The van der Waals surface area contributed by atoms with Crippen LogP contribution in [0.5, 0.6) is 0 Å². The van der Waals surface area contributed by atoms with Gasteiger partial charge in [0.05, 0.1) is 6.54 Å². The second-order valence-corrected chi connectivity index (χ2v) is 9.92. The Bertz CT molecular complexity index is 1340. The van der Waals surface area contributed by atoms with Crippen LogP contribution in [0.1, 0.15) is 60.2 Å². The van der Waals surface area contributed by atoms with E-state index in [-0.39, 0.29) is 5.56 Å². The van der Waals surface area contributed by atoms with Crippen LogP contribution in [-0.4, -0.2) is 36.1 Å². The first-order chi connectivity index (χ1) is 17.1. The monoisotopic (exact) mass is 470 g/mol. The number of hydrogen-bond acceptors (Lipinski definition) is 5. The van der Waals surface area contributed by atoms with Crippen LogP contribution in [0.15, 0.2) is 53.3 Å². The molecule has 0 radical (unpaired) electrons. The van der Waals surface area contributed by atoms with Crippen LogP contribution in [0, 0.1) is 13.8 Å². The highest BCUT2D eigenvalue weighted by Gasteiger charge is 2.24. The summed E-state index contributed by atoms with van der Waals surface area (Å²) in [5.41, 5.74) is 5.32. The molecule has 1 N–H and O–H groups in total. The van der Waals surface area contributed by atoms with Crippen molar-refractivity contribution in [2.45, 2.75) is 78.0 Å². The van der Waals surface area contributed by atoms with E-state index in [1.165, 1.54) is 30.4 Å². The molecule has 182 valence electrons. The summed E-state index contributed by atoms with van der Waals surface area (Å²) in [4.78, 5) is 18.6.